The second-order valence-corrected chi connectivity index (χ2v) is 5.47. The predicted octanol–water partition coefficient (Wildman–Crippen LogP) is 1.55. The molecule has 0 spiro atoms. The topological polar surface area (TPSA) is 41.6 Å². The highest BCUT2D eigenvalue weighted by Crippen LogP contribution is 2.23. The first kappa shape index (κ1) is 13.8. The van der Waals surface area contributed by atoms with E-state index < -0.39 is 0 Å². The minimum absolute atomic E-state index is 0.185. The molecule has 2 unspecified atom stereocenters. The van der Waals surface area contributed by atoms with E-state index in [0.717, 1.165) is 45.4 Å². The van der Waals surface area contributed by atoms with Gasteiger partial charge in [0.2, 0.25) is 5.91 Å². The Balaban J connectivity index is 1.84. The Kier molecular flexibility index (Phi) is 5.45. The van der Waals surface area contributed by atoms with Gasteiger partial charge >= 0.3 is 0 Å². The first-order chi connectivity index (χ1) is 8.81. The molecule has 0 aliphatic carbocycles. The molecule has 4 nitrogen and oxygen atoms in total. The molecule has 4 heteroatoms. The molecule has 1 N–H and O–H groups in total. The van der Waals surface area contributed by atoms with E-state index in [1.165, 1.54) is 12.8 Å². The zero-order valence-electron chi connectivity index (χ0n) is 11.5. The molecule has 2 saturated heterocycles. The number of carbonyl (C=O) groups excluding carboxylic acids is 1. The number of amides is 1. The largest absolute Gasteiger partial charge is 0.378 e. The highest BCUT2D eigenvalue weighted by atomic mass is 16.5. The maximum Gasteiger partial charge on any atom is 0.225 e. The van der Waals surface area contributed by atoms with Crippen LogP contribution in [0.2, 0.25) is 0 Å². The van der Waals surface area contributed by atoms with E-state index in [-0.39, 0.29) is 6.10 Å². The summed E-state index contributed by atoms with van der Waals surface area (Å²) in [6.07, 6.45) is 7.61. The Morgan fingerprint density at radius 3 is 2.94 bits per heavy atom. The average molecular weight is 254 g/mol. The molecule has 2 rings (SSSR count). The molecule has 2 aliphatic rings. The third-order valence-corrected chi connectivity index (χ3v) is 4.10. The van der Waals surface area contributed by atoms with Crippen molar-refractivity contribution in [2.24, 2.45) is 0 Å². The van der Waals surface area contributed by atoms with Crippen LogP contribution in [0.3, 0.4) is 0 Å². The third-order valence-electron chi connectivity index (χ3n) is 4.10. The zero-order chi connectivity index (χ0) is 12.8. The molecule has 0 bridgehead atoms. The monoisotopic (exact) mass is 254 g/mol. The van der Waals surface area contributed by atoms with Crippen LogP contribution in [-0.2, 0) is 9.53 Å². The first-order valence-corrected chi connectivity index (χ1v) is 7.37. The molecule has 2 aliphatic heterocycles. The van der Waals surface area contributed by atoms with Gasteiger partial charge in [-0.15, -0.1) is 0 Å². The third kappa shape index (κ3) is 3.69. The molecule has 0 radical (unpaired) electrons. The van der Waals surface area contributed by atoms with E-state index in [0.29, 0.717) is 18.4 Å². The molecule has 0 aromatic carbocycles. The molecule has 2 atom stereocenters. The number of piperidine rings is 1. The maximum atomic E-state index is 12.4. The lowest BCUT2D eigenvalue weighted by atomic mass is 9.98. The number of ether oxygens (including phenoxy) is 1. The van der Waals surface area contributed by atoms with Gasteiger partial charge in [0.05, 0.1) is 12.5 Å². The van der Waals surface area contributed by atoms with Crippen molar-refractivity contribution in [1.29, 1.82) is 0 Å². The molecule has 0 aromatic heterocycles. The summed E-state index contributed by atoms with van der Waals surface area (Å²) >= 11 is 0. The van der Waals surface area contributed by atoms with E-state index >= 15 is 0 Å². The Morgan fingerprint density at radius 2 is 2.22 bits per heavy atom. The van der Waals surface area contributed by atoms with Crippen LogP contribution in [0, 0.1) is 0 Å². The lowest BCUT2D eigenvalue weighted by Gasteiger charge is -2.36. The summed E-state index contributed by atoms with van der Waals surface area (Å²) in [4.78, 5) is 14.5. The molecular formula is C14H26N2O2. The SMILES string of the molecule is CNCCC1CCCCN1C(=O)CC1CCCO1. The molecule has 2 heterocycles. The molecule has 0 aromatic rings. The fourth-order valence-electron chi connectivity index (χ4n) is 3.06. The summed E-state index contributed by atoms with van der Waals surface area (Å²) in [6.45, 7) is 2.77. The quantitative estimate of drug-likeness (QED) is 0.809. The standard InChI is InChI=1S/C14H26N2O2/c1-15-8-7-12-5-2-3-9-16(12)14(17)11-13-6-4-10-18-13/h12-13,15H,2-11H2,1H3. The number of likely N-dealkylation sites (tertiary alicyclic amines) is 1. The van der Waals surface area contributed by atoms with E-state index in [4.69, 9.17) is 4.74 Å². The molecule has 1 amide bonds. The van der Waals surface area contributed by atoms with E-state index in [1.54, 1.807) is 0 Å². The van der Waals surface area contributed by atoms with Gasteiger partial charge in [0.15, 0.2) is 0 Å². The van der Waals surface area contributed by atoms with Crippen LogP contribution < -0.4 is 5.32 Å². The summed E-state index contributed by atoms with van der Waals surface area (Å²) in [6, 6.07) is 0.445. The van der Waals surface area contributed by atoms with Gasteiger partial charge in [-0.3, -0.25) is 4.79 Å². The lowest BCUT2D eigenvalue weighted by molar-refractivity contribution is -0.137. The summed E-state index contributed by atoms with van der Waals surface area (Å²) in [5, 5.41) is 3.18. The first-order valence-electron chi connectivity index (χ1n) is 7.37. The minimum Gasteiger partial charge on any atom is -0.378 e. The smallest absolute Gasteiger partial charge is 0.225 e. The molecule has 104 valence electrons. The number of hydrogen-bond acceptors (Lipinski definition) is 3. The van der Waals surface area contributed by atoms with Gasteiger partial charge in [-0.05, 0) is 52.1 Å². The van der Waals surface area contributed by atoms with Crippen LogP contribution in [0.5, 0.6) is 0 Å². The summed E-state index contributed by atoms with van der Waals surface area (Å²) < 4.78 is 5.57. The molecular weight excluding hydrogens is 228 g/mol. The fourth-order valence-corrected chi connectivity index (χ4v) is 3.06. The summed E-state index contributed by atoms with van der Waals surface area (Å²) in [5.74, 6) is 0.308. The normalized spacial score (nSPS) is 28.6. The van der Waals surface area contributed by atoms with Crippen molar-refractivity contribution in [2.75, 3.05) is 26.7 Å². The van der Waals surface area contributed by atoms with Crippen molar-refractivity contribution in [3.05, 3.63) is 0 Å². The van der Waals surface area contributed by atoms with Crippen molar-refractivity contribution in [2.45, 2.75) is 57.1 Å². The number of hydrogen-bond donors (Lipinski definition) is 1. The zero-order valence-corrected chi connectivity index (χ0v) is 11.5. The van der Waals surface area contributed by atoms with Crippen LogP contribution in [-0.4, -0.2) is 49.7 Å². The van der Waals surface area contributed by atoms with Gasteiger partial charge in [-0.2, -0.15) is 0 Å². The molecule has 2 fully saturated rings. The van der Waals surface area contributed by atoms with Crippen molar-refractivity contribution in [1.82, 2.24) is 10.2 Å². The van der Waals surface area contributed by atoms with Crippen molar-refractivity contribution in [3.8, 4) is 0 Å². The van der Waals surface area contributed by atoms with Crippen LogP contribution in [0.25, 0.3) is 0 Å². The van der Waals surface area contributed by atoms with Gasteiger partial charge in [0.1, 0.15) is 0 Å². The van der Waals surface area contributed by atoms with E-state index in [9.17, 15) is 4.79 Å². The number of nitrogens with one attached hydrogen (secondary N) is 1. The fraction of sp³-hybridized carbons (Fsp3) is 0.929. The Hall–Kier alpha value is -0.610. The van der Waals surface area contributed by atoms with Gasteiger partial charge in [0.25, 0.3) is 0 Å². The number of nitrogens with zero attached hydrogens (tertiary/aromatic N) is 1. The highest BCUT2D eigenvalue weighted by Gasteiger charge is 2.28. The van der Waals surface area contributed by atoms with Crippen molar-refractivity contribution < 1.29 is 9.53 Å². The minimum atomic E-state index is 0.185. The van der Waals surface area contributed by atoms with Gasteiger partial charge in [-0.25, -0.2) is 0 Å². The molecule has 18 heavy (non-hydrogen) atoms. The van der Waals surface area contributed by atoms with Crippen LogP contribution in [0.4, 0.5) is 0 Å². The van der Waals surface area contributed by atoms with Crippen LogP contribution in [0.15, 0.2) is 0 Å². The Bertz CT molecular complexity index is 265. The highest BCUT2D eigenvalue weighted by molar-refractivity contribution is 5.77. The molecule has 0 saturated carbocycles. The lowest BCUT2D eigenvalue weighted by Crippen LogP contribution is -2.45. The maximum absolute atomic E-state index is 12.4. The average Bonchev–Trinajstić information content (AvgIpc) is 2.89. The summed E-state index contributed by atoms with van der Waals surface area (Å²) in [5.41, 5.74) is 0. The Labute approximate surface area is 110 Å². The predicted molar refractivity (Wildman–Crippen MR) is 71.5 cm³/mol. The van der Waals surface area contributed by atoms with Crippen molar-refractivity contribution in [3.63, 3.8) is 0 Å². The van der Waals surface area contributed by atoms with Gasteiger partial charge in [-0.1, -0.05) is 0 Å². The van der Waals surface area contributed by atoms with Gasteiger partial charge in [0, 0.05) is 19.2 Å². The van der Waals surface area contributed by atoms with E-state index in [1.807, 2.05) is 7.05 Å². The Morgan fingerprint density at radius 1 is 1.33 bits per heavy atom. The van der Waals surface area contributed by atoms with E-state index in [2.05, 4.69) is 10.2 Å². The number of rotatable bonds is 5. The van der Waals surface area contributed by atoms with Crippen molar-refractivity contribution >= 4 is 5.91 Å². The number of carbonyl (C=O) groups is 1. The second-order valence-electron chi connectivity index (χ2n) is 5.47. The summed E-state index contributed by atoms with van der Waals surface area (Å²) in [7, 11) is 1.97. The second kappa shape index (κ2) is 7.10. The van der Waals surface area contributed by atoms with Crippen LogP contribution in [0.1, 0.15) is 44.9 Å². The van der Waals surface area contributed by atoms with Gasteiger partial charge < -0.3 is 15.0 Å². The van der Waals surface area contributed by atoms with Crippen LogP contribution >= 0.6 is 0 Å².